The highest BCUT2D eigenvalue weighted by Crippen LogP contribution is 2.42. The number of nitrogens with zero attached hydrogens (tertiary/aromatic N) is 2. The summed E-state index contributed by atoms with van der Waals surface area (Å²) in [4.78, 5) is 61.0. The van der Waals surface area contributed by atoms with Gasteiger partial charge in [-0.2, -0.15) is 0 Å². The Bertz CT molecular complexity index is 1610. The number of aliphatic hydroxyl groups is 1. The van der Waals surface area contributed by atoms with Crippen LogP contribution in [0.3, 0.4) is 0 Å². The molecule has 3 aliphatic rings. The third-order valence-corrected chi connectivity index (χ3v) is 9.52. The highest BCUT2D eigenvalue weighted by atomic mass is 16.5. The molecular weight excluding hydrogens is 652 g/mol. The number of benzene rings is 1. The predicted octanol–water partition coefficient (Wildman–Crippen LogP) is 3.91. The number of fused-ring (bicyclic) bond motifs is 1. The van der Waals surface area contributed by atoms with Gasteiger partial charge in [-0.3, -0.25) is 14.4 Å². The lowest BCUT2D eigenvalue weighted by molar-refractivity contribution is -0.143. The number of amides is 5. The first-order valence-electron chi connectivity index (χ1n) is 18.3. The van der Waals surface area contributed by atoms with Crippen LogP contribution in [0.1, 0.15) is 105 Å². The molecule has 1 saturated heterocycles. The summed E-state index contributed by atoms with van der Waals surface area (Å²) < 4.78 is 12.1. The molecule has 1 aromatic heterocycles. The molecule has 0 bridgehead atoms. The van der Waals surface area contributed by atoms with E-state index in [1.807, 2.05) is 66.7 Å². The maximum Gasteiger partial charge on any atom is 0.315 e. The van der Waals surface area contributed by atoms with E-state index in [1.54, 1.807) is 7.11 Å². The second-order valence-corrected chi connectivity index (χ2v) is 16.5. The summed E-state index contributed by atoms with van der Waals surface area (Å²) in [5, 5.41) is 24.1. The topological polar surface area (TPSA) is 171 Å². The van der Waals surface area contributed by atoms with Gasteiger partial charge < -0.3 is 40.7 Å². The first-order chi connectivity index (χ1) is 24.0. The number of likely N-dealkylation sites (tertiary alicyclic amines) is 1. The third-order valence-electron chi connectivity index (χ3n) is 9.52. The molecular formula is C38H56N6O7. The summed E-state index contributed by atoms with van der Waals surface area (Å²) in [5.41, 5.74) is -0.335. The minimum absolute atomic E-state index is 0.0486. The standard InChI is InChI=1S/C38H56N6O7/c1-9-10-27(30(45)33(47)39-23-13-14-23)40-32(46)29-19-25(20-44(29)35(48)31(37(2,3)4)42-36(49)43-38(5,6)7)51-34-26-16-15-24(50-8)17-22(26)18-28(41-34)21-11-12-21/h15-18,21,23,25,27,29-31,45H,9-14,19-20H2,1-8H3,(H,39,47)(H,40,46)(H2,42,43,49)/t25-,27?,29+,30+,31-/m1/s1. The van der Waals surface area contributed by atoms with Crippen molar-refractivity contribution in [3.63, 3.8) is 0 Å². The van der Waals surface area contributed by atoms with Crippen LogP contribution in [0.4, 0.5) is 4.79 Å². The molecule has 5 amide bonds. The number of aliphatic hydroxyl groups excluding tert-OH is 1. The molecule has 280 valence electrons. The Morgan fingerprint density at radius 3 is 2.31 bits per heavy atom. The second-order valence-electron chi connectivity index (χ2n) is 16.5. The first kappa shape index (κ1) is 38.1. The SMILES string of the molecule is CCCC(NC(=O)[C@@H]1C[C@@H](Oc2nc(C3CC3)cc3cc(OC)ccc23)CN1C(=O)[C@@H](NC(=O)NC(C)(C)C)C(C)(C)C)[C@H](O)C(=O)NC1CC1. The zero-order chi connectivity index (χ0) is 37.2. The van der Waals surface area contributed by atoms with Crippen LogP contribution in [-0.2, 0) is 14.4 Å². The van der Waals surface area contributed by atoms with Gasteiger partial charge in [-0.15, -0.1) is 0 Å². The molecule has 2 saturated carbocycles. The van der Waals surface area contributed by atoms with Crippen molar-refractivity contribution in [3.05, 3.63) is 30.0 Å². The largest absolute Gasteiger partial charge is 0.497 e. The number of methoxy groups -OCH3 is 1. The van der Waals surface area contributed by atoms with E-state index in [9.17, 15) is 24.3 Å². The van der Waals surface area contributed by atoms with E-state index in [0.29, 0.717) is 30.4 Å². The van der Waals surface area contributed by atoms with Gasteiger partial charge in [-0.25, -0.2) is 9.78 Å². The van der Waals surface area contributed by atoms with Crippen molar-refractivity contribution in [1.82, 2.24) is 31.2 Å². The molecule has 0 radical (unpaired) electrons. The normalized spacial score (nSPS) is 21.0. The number of hydrogen-bond donors (Lipinski definition) is 5. The fraction of sp³-hybridized carbons (Fsp3) is 0.658. The molecule has 1 aromatic carbocycles. The maximum atomic E-state index is 14.5. The van der Waals surface area contributed by atoms with E-state index < -0.39 is 65.0 Å². The Balaban J connectivity index is 1.44. The number of hydrogen-bond acceptors (Lipinski definition) is 8. The van der Waals surface area contributed by atoms with Crippen LogP contribution < -0.4 is 30.7 Å². The molecule has 2 heterocycles. The van der Waals surface area contributed by atoms with Crippen molar-refractivity contribution < 1.29 is 33.8 Å². The van der Waals surface area contributed by atoms with Crippen LogP contribution in [0.15, 0.2) is 24.3 Å². The predicted molar refractivity (Wildman–Crippen MR) is 193 cm³/mol. The van der Waals surface area contributed by atoms with Crippen LogP contribution in [0.5, 0.6) is 11.6 Å². The van der Waals surface area contributed by atoms with Crippen LogP contribution in [0.25, 0.3) is 10.8 Å². The maximum absolute atomic E-state index is 14.5. The third kappa shape index (κ3) is 9.81. The van der Waals surface area contributed by atoms with E-state index in [4.69, 9.17) is 14.5 Å². The molecule has 5 atom stereocenters. The summed E-state index contributed by atoms with van der Waals surface area (Å²) in [6, 6.07) is 4.44. The molecule has 13 heteroatoms. The highest BCUT2D eigenvalue weighted by molar-refractivity contribution is 5.94. The lowest BCUT2D eigenvalue weighted by Gasteiger charge is -2.36. The summed E-state index contributed by atoms with van der Waals surface area (Å²) >= 11 is 0. The fourth-order valence-electron chi connectivity index (χ4n) is 6.48. The molecule has 13 nitrogen and oxygen atoms in total. The molecule has 3 fully saturated rings. The number of ether oxygens (including phenoxy) is 2. The Labute approximate surface area is 301 Å². The number of carbonyl (C=O) groups excluding carboxylic acids is 4. The number of rotatable bonds is 13. The van der Waals surface area contributed by atoms with Gasteiger partial charge in [0.05, 0.1) is 19.7 Å². The minimum atomic E-state index is -1.45. The van der Waals surface area contributed by atoms with Crippen molar-refractivity contribution in [2.45, 2.75) is 141 Å². The van der Waals surface area contributed by atoms with Gasteiger partial charge in [0.1, 0.15) is 23.9 Å². The zero-order valence-corrected chi connectivity index (χ0v) is 31.3. The summed E-state index contributed by atoms with van der Waals surface area (Å²) in [6.07, 6.45) is 2.86. The monoisotopic (exact) mass is 708 g/mol. The molecule has 5 N–H and O–H groups in total. The van der Waals surface area contributed by atoms with Crippen LogP contribution in [0.2, 0.25) is 0 Å². The lowest BCUT2D eigenvalue weighted by Crippen LogP contribution is -2.61. The van der Waals surface area contributed by atoms with E-state index in [1.165, 1.54) is 4.90 Å². The Kier molecular flexibility index (Phi) is 11.4. The van der Waals surface area contributed by atoms with Gasteiger partial charge in [0.2, 0.25) is 17.7 Å². The number of carbonyl (C=O) groups is 4. The van der Waals surface area contributed by atoms with Gasteiger partial charge in [0.15, 0.2) is 6.10 Å². The van der Waals surface area contributed by atoms with Crippen molar-refractivity contribution in [1.29, 1.82) is 0 Å². The number of nitrogens with one attached hydrogen (secondary N) is 4. The van der Waals surface area contributed by atoms with Crippen LogP contribution >= 0.6 is 0 Å². The molecule has 2 aliphatic carbocycles. The zero-order valence-electron chi connectivity index (χ0n) is 31.3. The number of aromatic nitrogens is 1. The summed E-state index contributed by atoms with van der Waals surface area (Å²) in [6.45, 7) is 13.1. The Morgan fingerprint density at radius 1 is 1.02 bits per heavy atom. The fourth-order valence-corrected chi connectivity index (χ4v) is 6.48. The van der Waals surface area contributed by atoms with Gasteiger partial charge in [0, 0.05) is 35.0 Å². The first-order valence-corrected chi connectivity index (χ1v) is 18.3. The molecule has 1 aliphatic heterocycles. The van der Waals surface area contributed by atoms with Crippen LogP contribution in [-0.4, -0.2) is 94.3 Å². The minimum Gasteiger partial charge on any atom is -0.497 e. The second kappa shape index (κ2) is 15.2. The van der Waals surface area contributed by atoms with Crippen molar-refractivity contribution in [2.75, 3.05) is 13.7 Å². The van der Waals surface area contributed by atoms with Gasteiger partial charge >= 0.3 is 6.03 Å². The average molecular weight is 709 g/mol. The molecule has 1 unspecified atom stereocenters. The molecule has 51 heavy (non-hydrogen) atoms. The molecule has 2 aromatic rings. The van der Waals surface area contributed by atoms with E-state index in [-0.39, 0.29) is 19.0 Å². The lowest BCUT2D eigenvalue weighted by atomic mass is 9.85. The number of urea groups is 1. The van der Waals surface area contributed by atoms with Gasteiger partial charge in [-0.05, 0) is 87.9 Å². The smallest absolute Gasteiger partial charge is 0.315 e. The van der Waals surface area contributed by atoms with Crippen molar-refractivity contribution >= 4 is 34.5 Å². The van der Waals surface area contributed by atoms with E-state index >= 15 is 0 Å². The quantitative estimate of drug-likeness (QED) is 0.209. The van der Waals surface area contributed by atoms with E-state index in [0.717, 1.165) is 42.1 Å². The Morgan fingerprint density at radius 2 is 1.73 bits per heavy atom. The summed E-state index contributed by atoms with van der Waals surface area (Å²) in [5.74, 6) is 0.00506. The molecule has 5 rings (SSSR count). The van der Waals surface area contributed by atoms with Crippen LogP contribution in [0, 0.1) is 5.41 Å². The van der Waals surface area contributed by atoms with Crippen molar-refractivity contribution in [3.8, 4) is 11.6 Å². The van der Waals surface area contributed by atoms with Crippen molar-refractivity contribution in [2.24, 2.45) is 5.41 Å². The van der Waals surface area contributed by atoms with Gasteiger partial charge in [0.25, 0.3) is 5.91 Å². The Hall–Kier alpha value is -4.13. The van der Waals surface area contributed by atoms with E-state index in [2.05, 4.69) is 27.3 Å². The molecule has 0 spiro atoms. The summed E-state index contributed by atoms with van der Waals surface area (Å²) in [7, 11) is 1.62. The van der Waals surface area contributed by atoms with Gasteiger partial charge in [-0.1, -0.05) is 34.1 Å². The number of pyridine rings is 1. The highest BCUT2D eigenvalue weighted by Gasteiger charge is 2.47. The average Bonchev–Trinajstić information content (AvgIpc) is 3.99.